The second-order valence-corrected chi connectivity index (χ2v) is 14.0. The van der Waals surface area contributed by atoms with Crippen molar-refractivity contribution in [1.82, 2.24) is 4.90 Å². The zero-order chi connectivity index (χ0) is 33.9. The number of carbonyl (C=O) groups excluding carboxylic acids is 2. The number of hydrogen-bond acceptors (Lipinski definition) is 8. The van der Waals surface area contributed by atoms with Crippen molar-refractivity contribution in [1.29, 1.82) is 0 Å². The second kappa shape index (κ2) is 13.7. The lowest BCUT2D eigenvalue weighted by Gasteiger charge is -2.32. The quantitative estimate of drug-likeness (QED) is 0.260. The molecule has 1 saturated heterocycles. The number of nitrogens with one attached hydrogen (secondary N) is 1. The van der Waals surface area contributed by atoms with Crippen LogP contribution in [0.25, 0.3) is 0 Å². The molecule has 0 unspecified atom stereocenters. The first-order chi connectivity index (χ1) is 21.7. The highest BCUT2D eigenvalue weighted by molar-refractivity contribution is 7.92. The summed E-state index contributed by atoms with van der Waals surface area (Å²) < 4.78 is 38.0. The molecular formula is C33H40N4O8S. The van der Waals surface area contributed by atoms with Crippen LogP contribution in [0.15, 0.2) is 59.5 Å². The molecule has 1 fully saturated rings. The number of carboxylic acid groups (broad SMARTS) is 1. The Balaban J connectivity index is 1.86. The van der Waals surface area contributed by atoms with Crippen LogP contribution in [0.1, 0.15) is 65.8 Å². The number of nitrogens with zero attached hydrogens (tertiary/aromatic N) is 2. The van der Waals surface area contributed by atoms with Crippen molar-refractivity contribution >= 4 is 39.1 Å². The number of rotatable bonds is 11. The number of ether oxygens (including phenoxy) is 2. The Bertz CT molecular complexity index is 1760. The van der Waals surface area contributed by atoms with E-state index in [1.807, 2.05) is 0 Å². The van der Waals surface area contributed by atoms with E-state index >= 15 is 0 Å². The van der Waals surface area contributed by atoms with Gasteiger partial charge in [0.25, 0.3) is 0 Å². The van der Waals surface area contributed by atoms with E-state index in [4.69, 9.17) is 15.2 Å². The lowest BCUT2D eigenvalue weighted by molar-refractivity contribution is -0.133. The number of methoxy groups -OCH3 is 2. The SMILES string of the molecule is COc1ccc([C@@H](Nc2cc(C)cc(C(N)=O)c2)C(=O)N2CCC[C@@H]2c2cc(N(C)C(=O)O)ccc2S(=O)(=O)C(C)C)cc1OC. The van der Waals surface area contributed by atoms with Crippen LogP contribution in [0.5, 0.6) is 11.5 Å². The zero-order valence-electron chi connectivity index (χ0n) is 26.7. The van der Waals surface area contributed by atoms with Gasteiger partial charge in [-0.2, -0.15) is 0 Å². The molecule has 3 aromatic rings. The van der Waals surface area contributed by atoms with Gasteiger partial charge < -0.3 is 30.5 Å². The lowest BCUT2D eigenvalue weighted by Crippen LogP contribution is -2.38. The van der Waals surface area contributed by atoms with E-state index in [0.29, 0.717) is 47.7 Å². The summed E-state index contributed by atoms with van der Waals surface area (Å²) in [6.45, 7) is 5.29. The lowest BCUT2D eigenvalue weighted by atomic mass is 10.00. The smallest absolute Gasteiger partial charge is 0.411 e. The summed E-state index contributed by atoms with van der Waals surface area (Å²) in [5.74, 6) is -0.118. The van der Waals surface area contributed by atoms with Crippen LogP contribution in [-0.2, 0) is 14.6 Å². The van der Waals surface area contributed by atoms with Crippen molar-refractivity contribution in [2.24, 2.45) is 5.73 Å². The fourth-order valence-corrected chi connectivity index (χ4v) is 6.93. The molecule has 1 aliphatic rings. The molecule has 0 aliphatic carbocycles. The third-order valence-corrected chi connectivity index (χ3v) is 10.4. The Labute approximate surface area is 269 Å². The average molecular weight is 653 g/mol. The molecule has 4 rings (SSSR count). The fraction of sp³-hybridized carbons (Fsp3) is 0.364. The first kappa shape index (κ1) is 34.1. The van der Waals surface area contributed by atoms with Crippen molar-refractivity contribution in [2.45, 2.75) is 55.8 Å². The number of sulfone groups is 1. The standard InChI is InChI=1S/C33H40N4O8S/c1-19(2)46(42,43)29-12-10-24(36(4)33(40)41)18-25(29)26-8-7-13-37(26)32(39)30(21-9-11-27(44-5)28(17-21)45-6)35-23-15-20(3)14-22(16-23)31(34)38/h9-12,14-19,26,30,35H,7-8,13H2,1-6H3,(H2,34,38)(H,40,41)/t26-,30-/m1/s1. The second-order valence-electron chi connectivity index (χ2n) is 11.5. The topological polar surface area (TPSA) is 169 Å². The van der Waals surface area contributed by atoms with E-state index < -0.39 is 39.2 Å². The molecule has 1 heterocycles. The summed E-state index contributed by atoms with van der Waals surface area (Å²) >= 11 is 0. The molecule has 12 nitrogen and oxygen atoms in total. The molecule has 0 spiro atoms. The van der Waals surface area contributed by atoms with Crippen molar-refractivity contribution < 1.29 is 37.4 Å². The first-order valence-corrected chi connectivity index (χ1v) is 16.3. The van der Waals surface area contributed by atoms with Gasteiger partial charge in [0, 0.05) is 30.5 Å². The number of benzene rings is 3. The molecule has 4 N–H and O–H groups in total. The van der Waals surface area contributed by atoms with E-state index in [1.54, 1.807) is 62.1 Å². The van der Waals surface area contributed by atoms with Crippen LogP contribution in [-0.4, -0.2) is 69.4 Å². The van der Waals surface area contributed by atoms with E-state index in [-0.39, 0.29) is 22.1 Å². The molecule has 0 aromatic heterocycles. The van der Waals surface area contributed by atoms with E-state index in [1.165, 1.54) is 39.5 Å². The minimum atomic E-state index is -3.81. The van der Waals surface area contributed by atoms with Gasteiger partial charge >= 0.3 is 6.09 Å². The van der Waals surface area contributed by atoms with Crippen molar-refractivity contribution in [3.63, 3.8) is 0 Å². The van der Waals surface area contributed by atoms with Gasteiger partial charge in [-0.1, -0.05) is 6.07 Å². The molecule has 13 heteroatoms. The van der Waals surface area contributed by atoms with Gasteiger partial charge in [0.2, 0.25) is 11.8 Å². The van der Waals surface area contributed by atoms with Crippen LogP contribution in [0.3, 0.4) is 0 Å². The molecule has 246 valence electrons. The summed E-state index contributed by atoms with van der Waals surface area (Å²) in [6.07, 6.45) is -0.163. The van der Waals surface area contributed by atoms with Crippen molar-refractivity contribution in [3.8, 4) is 11.5 Å². The minimum Gasteiger partial charge on any atom is -0.493 e. The summed E-state index contributed by atoms with van der Waals surface area (Å²) in [4.78, 5) is 41.2. The van der Waals surface area contributed by atoms with Crippen LogP contribution in [0.2, 0.25) is 0 Å². The van der Waals surface area contributed by atoms with Crippen molar-refractivity contribution in [3.05, 3.63) is 76.9 Å². The third kappa shape index (κ3) is 6.89. The predicted molar refractivity (Wildman–Crippen MR) is 174 cm³/mol. The van der Waals surface area contributed by atoms with Crippen LogP contribution >= 0.6 is 0 Å². The summed E-state index contributed by atoms with van der Waals surface area (Å²) in [5, 5.41) is 12.2. The Morgan fingerprint density at radius 2 is 1.72 bits per heavy atom. The molecule has 0 saturated carbocycles. The number of aryl methyl sites for hydroxylation is 1. The molecule has 2 atom stereocenters. The predicted octanol–water partition coefficient (Wildman–Crippen LogP) is 4.92. The summed E-state index contributed by atoms with van der Waals surface area (Å²) in [5.41, 5.74) is 8.22. The molecule has 46 heavy (non-hydrogen) atoms. The van der Waals surface area contributed by atoms with Gasteiger partial charge in [-0.3, -0.25) is 14.5 Å². The summed E-state index contributed by atoms with van der Waals surface area (Å²) in [7, 11) is 0.554. The molecule has 3 amide bonds. The first-order valence-electron chi connectivity index (χ1n) is 14.7. The van der Waals surface area contributed by atoms with E-state index in [0.717, 1.165) is 10.5 Å². The van der Waals surface area contributed by atoms with Crippen LogP contribution < -0.4 is 25.4 Å². The number of anilines is 2. The largest absolute Gasteiger partial charge is 0.493 e. The number of carbonyl (C=O) groups is 3. The van der Waals surface area contributed by atoms with Gasteiger partial charge in [-0.25, -0.2) is 13.2 Å². The Morgan fingerprint density at radius 1 is 1.02 bits per heavy atom. The van der Waals surface area contributed by atoms with Crippen LogP contribution in [0.4, 0.5) is 16.2 Å². The highest BCUT2D eigenvalue weighted by atomic mass is 32.2. The normalized spacial score (nSPS) is 15.4. The number of amides is 3. The fourth-order valence-electron chi connectivity index (χ4n) is 5.64. The maximum absolute atomic E-state index is 14.7. The van der Waals surface area contributed by atoms with Gasteiger partial charge in [0.15, 0.2) is 21.3 Å². The Morgan fingerprint density at radius 3 is 2.33 bits per heavy atom. The molecular weight excluding hydrogens is 612 g/mol. The monoisotopic (exact) mass is 652 g/mol. The third-order valence-electron chi connectivity index (χ3n) is 8.15. The minimum absolute atomic E-state index is 0.0511. The van der Waals surface area contributed by atoms with Crippen LogP contribution in [0, 0.1) is 6.92 Å². The maximum atomic E-state index is 14.7. The van der Waals surface area contributed by atoms with Gasteiger partial charge in [-0.05, 0) is 98.8 Å². The van der Waals surface area contributed by atoms with Gasteiger partial charge in [-0.15, -0.1) is 0 Å². The van der Waals surface area contributed by atoms with E-state index in [9.17, 15) is 27.9 Å². The highest BCUT2D eigenvalue weighted by Crippen LogP contribution is 2.41. The highest BCUT2D eigenvalue weighted by Gasteiger charge is 2.38. The Hall–Kier alpha value is -4.78. The van der Waals surface area contributed by atoms with E-state index in [2.05, 4.69) is 5.32 Å². The number of hydrogen-bond donors (Lipinski definition) is 3. The number of primary amides is 1. The Kier molecular flexibility index (Phi) is 10.1. The summed E-state index contributed by atoms with van der Waals surface area (Å²) in [6, 6.07) is 12.8. The number of nitrogens with two attached hydrogens (primary N) is 1. The molecule has 1 aliphatic heterocycles. The molecule has 3 aromatic carbocycles. The zero-order valence-corrected chi connectivity index (χ0v) is 27.6. The molecule has 0 bridgehead atoms. The van der Waals surface area contributed by atoms with Gasteiger partial charge in [0.1, 0.15) is 6.04 Å². The maximum Gasteiger partial charge on any atom is 0.411 e. The van der Waals surface area contributed by atoms with Gasteiger partial charge in [0.05, 0.1) is 30.4 Å². The van der Waals surface area contributed by atoms with Crippen molar-refractivity contribution in [2.75, 3.05) is 38.0 Å². The molecule has 0 radical (unpaired) electrons. The number of likely N-dealkylation sites (tertiary alicyclic amines) is 1. The average Bonchev–Trinajstić information content (AvgIpc) is 3.52.